The Morgan fingerprint density at radius 2 is 1.91 bits per heavy atom. The number of nitrogens with one attached hydrogen (secondary N) is 1. The molecule has 0 saturated heterocycles. The quantitative estimate of drug-likeness (QED) is 0.681. The Bertz CT molecular complexity index is 815. The number of carbonyl (C=O) groups excluding carboxylic acids is 1. The van der Waals surface area contributed by atoms with Gasteiger partial charge in [-0.1, -0.05) is 12.1 Å². The fourth-order valence-electron chi connectivity index (χ4n) is 2.34. The summed E-state index contributed by atoms with van der Waals surface area (Å²) < 4.78 is 39.7. The smallest absolute Gasteiger partial charge is 0.324 e. The van der Waals surface area contributed by atoms with Crippen molar-refractivity contribution in [3.63, 3.8) is 0 Å². The monoisotopic (exact) mass is 430 g/mol. The SMILES string of the molecule is O=C1CN=C(c2cccc(C(F)(F)F)c2)c2cc(I)ccc2N1. The zero-order valence-corrected chi connectivity index (χ0v) is 13.8. The number of rotatable bonds is 1. The molecule has 0 atom stereocenters. The van der Waals surface area contributed by atoms with Gasteiger partial charge in [0.1, 0.15) is 6.54 Å². The molecule has 1 aliphatic heterocycles. The van der Waals surface area contributed by atoms with Crippen molar-refractivity contribution in [2.75, 3.05) is 11.9 Å². The van der Waals surface area contributed by atoms with Gasteiger partial charge in [0, 0.05) is 14.7 Å². The molecule has 23 heavy (non-hydrogen) atoms. The van der Waals surface area contributed by atoms with Gasteiger partial charge in [-0.25, -0.2) is 0 Å². The molecule has 0 radical (unpaired) electrons. The van der Waals surface area contributed by atoms with Gasteiger partial charge < -0.3 is 5.32 Å². The second kappa shape index (κ2) is 5.95. The van der Waals surface area contributed by atoms with Gasteiger partial charge in [-0.15, -0.1) is 0 Å². The summed E-state index contributed by atoms with van der Waals surface area (Å²) in [7, 11) is 0. The van der Waals surface area contributed by atoms with Crippen LogP contribution in [-0.4, -0.2) is 18.2 Å². The number of carbonyl (C=O) groups is 1. The van der Waals surface area contributed by atoms with Crippen molar-refractivity contribution in [2.45, 2.75) is 6.18 Å². The number of aliphatic imine (C=N–C) groups is 1. The van der Waals surface area contributed by atoms with Crippen molar-refractivity contribution in [1.29, 1.82) is 0 Å². The van der Waals surface area contributed by atoms with E-state index >= 15 is 0 Å². The van der Waals surface area contributed by atoms with Gasteiger partial charge in [0.25, 0.3) is 0 Å². The van der Waals surface area contributed by atoms with Crippen molar-refractivity contribution in [3.05, 3.63) is 62.7 Å². The lowest BCUT2D eigenvalue weighted by molar-refractivity contribution is -0.137. The molecule has 2 aromatic carbocycles. The highest BCUT2D eigenvalue weighted by atomic mass is 127. The van der Waals surface area contributed by atoms with E-state index < -0.39 is 11.7 Å². The van der Waals surface area contributed by atoms with Crippen LogP contribution in [0.2, 0.25) is 0 Å². The number of hydrogen-bond acceptors (Lipinski definition) is 2. The Morgan fingerprint density at radius 1 is 1.13 bits per heavy atom. The number of nitrogens with zero attached hydrogens (tertiary/aromatic N) is 1. The van der Waals surface area contributed by atoms with E-state index in [1.165, 1.54) is 6.07 Å². The third-order valence-electron chi connectivity index (χ3n) is 3.35. The van der Waals surface area contributed by atoms with Crippen LogP contribution in [0.5, 0.6) is 0 Å². The maximum Gasteiger partial charge on any atom is 0.416 e. The third kappa shape index (κ3) is 3.39. The lowest BCUT2D eigenvalue weighted by atomic mass is 9.99. The van der Waals surface area contributed by atoms with E-state index in [-0.39, 0.29) is 12.5 Å². The second-order valence-electron chi connectivity index (χ2n) is 4.98. The summed E-state index contributed by atoms with van der Waals surface area (Å²) in [5.74, 6) is -0.297. The lowest BCUT2D eigenvalue weighted by Gasteiger charge is -2.12. The molecule has 1 N–H and O–H groups in total. The van der Waals surface area contributed by atoms with Crippen LogP contribution >= 0.6 is 22.6 Å². The van der Waals surface area contributed by atoms with Crippen molar-refractivity contribution in [1.82, 2.24) is 0 Å². The molecule has 0 aromatic heterocycles. The summed E-state index contributed by atoms with van der Waals surface area (Å²) in [6, 6.07) is 10.3. The molecule has 1 heterocycles. The van der Waals surface area contributed by atoms with Crippen molar-refractivity contribution in [2.24, 2.45) is 4.99 Å². The summed E-state index contributed by atoms with van der Waals surface area (Å²) in [6.45, 7) is -0.128. The van der Waals surface area contributed by atoms with E-state index in [1.807, 2.05) is 6.07 Å². The molecule has 0 unspecified atom stereocenters. The topological polar surface area (TPSA) is 41.5 Å². The maximum absolute atomic E-state index is 12.9. The van der Waals surface area contributed by atoms with Crippen LogP contribution in [0.3, 0.4) is 0 Å². The molecular weight excluding hydrogens is 420 g/mol. The van der Waals surface area contributed by atoms with E-state index in [0.717, 1.165) is 15.7 Å². The molecule has 0 bridgehead atoms. The first-order valence-corrected chi connectivity index (χ1v) is 7.74. The number of benzene rings is 2. The van der Waals surface area contributed by atoms with Crippen LogP contribution in [0.25, 0.3) is 0 Å². The van der Waals surface area contributed by atoms with E-state index in [0.29, 0.717) is 22.5 Å². The second-order valence-corrected chi connectivity index (χ2v) is 6.23. The van der Waals surface area contributed by atoms with Gasteiger partial charge in [-0.2, -0.15) is 13.2 Å². The molecule has 0 fully saturated rings. The number of amides is 1. The van der Waals surface area contributed by atoms with Gasteiger partial charge in [0.05, 0.1) is 17.0 Å². The van der Waals surface area contributed by atoms with Crippen molar-refractivity contribution >= 4 is 39.9 Å². The molecule has 1 amide bonds. The first-order chi connectivity index (χ1) is 10.8. The summed E-state index contributed by atoms with van der Waals surface area (Å²) in [5, 5.41) is 2.72. The summed E-state index contributed by atoms with van der Waals surface area (Å²) in [6.07, 6.45) is -4.43. The van der Waals surface area contributed by atoms with E-state index in [1.54, 1.807) is 18.2 Å². The van der Waals surface area contributed by atoms with Gasteiger partial charge in [-0.05, 0) is 52.9 Å². The molecule has 0 aliphatic carbocycles. The summed E-state index contributed by atoms with van der Waals surface area (Å²) in [5.41, 5.74) is 1.13. The maximum atomic E-state index is 12.9. The Kier molecular flexibility index (Phi) is 4.13. The number of anilines is 1. The fourth-order valence-corrected chi connectivity index (χ4v) is 2.83. The largest absolute Gasteiger partial charge is 0.416 e. The summed E-state index contributed by atoms with van der Waals surface area (Å²) in [4.78, 5) is 15.9. The molecule has 3 nitrogen and oxygen atoms in total. The van der Waals surface area contributed by atoms with Gasteiger partial charge in [0.2, 0.25) is 5.91 Å². The van der Waals surface area contributed by atoms with E-state index in [4.69, 9.17) is 0 Å². The van der Waals surface area contributed by atoms with Gasteiger partial charge >= 0.3 is 6.18 Å². The zero-order valence-electron chi connectivity index (χ0n) is 11.6. The Morgan fingerprint density at radius 3 is 2.65 bits per heavy atom. The highest BCUT2D eigenvalue weighted by Gasteiger charge is 2.31. The Hall–Kier alpha value is -1.90. The van der Waals surface area contributed by atoms with Crippen LogP contribution in [0.1, 0.15) is 16.7 Å². The number of benzodiazepines with no additional fused rings is 1. The molecule has 7 heteroatoms. The molecule has 0 saturated carbocycles. The first kappa shape index (κ1) is 16.0. The molecular formula is C16H10F3IN2O. The van der Waals surface area contributed by atoms with Crippen LogP contribution in [0.15, 0.2) is 47.5 Å². The highest BCUT2D eigenvalue weighted by molar-refractivity contribution is 14.1. The normalized spacial score (nSPS) is 14.6. The van der Waals surface area contributed by atoms with E-state index in [2.05, 4.69) is 32.9 Å². The predicted octanol–water partition coefficient (Wildman–Crippen LogP) is 4.10. The number of fused-ring (bicyclic) bond motifs is 1. The molecule has 1 aliphatic rings. The number of halogens is 4. The number of alkyl halides is 3. The Balaban J connectivity index is 2.16. The summed E-state index contributed by atoms with van der Waals surface area (Å²) >= 11 is 2.11. The predicted molar refractivity (Wildman–Crippen MR) is 89.7 cm³/mol. The minimum Gasteiger partial charge on any atom is -0.324 e. The minimum atomic E-state index is -4.43. The van der Waals surface area contributed by atoms with Crippen molar-refractivity contribution in [3.8, 4) is 0 Å². The lowest BCUT2D eigenvalue weighted by Crippen LogP contribution is -2.13. The van der Waals surface area contributed by atoms with Crippen molar-refractivity contribution < 1.29 is 18.0 Å². The molecule has 3 rings (SSSR count). The average molecular weight is 430 g/mol. The Labute approximate surface area is 143 Å². The average Bonchev–Trinajstić information content (AvgIpc) is 2.65. The van der Waals surface area contributed by atoms with Gasteiger partial charge in [0.15, 0.2) is 0 Å². The molecule has 0 spiro atoms. The van der Waals surface area contributed by atoms with Crippen LogP contribution in [0, 0.1) is 3.57 Å². The molecule has 118 valence electrons. The number of hydrogen-bond donors (Lipinski definition) is 1. The first-order valence-electron chi connectivity index (χ1n) is 6.66. The standard InChI is InChI=1S/C16H10F3IN2O/c17-16(18,19)10-3-1-2-9(6-10)15-12-7-11(20)4-5-13(12)22-14(23)8-21-15/h1-7H,8H2,(H,22,23). The van der Waals surface area contributed by atoms with Crippen LogP contribution in [0.4, 0.5) is 18.9 Å². The van der Waals surface area contributed by atoms with Crippen LogP contribution in [-0.2, 0) is 11.0 Å². The van der Waals surface area contributed by atoms with Gasteiger partial charge in [-0.3, -0.25) is 9.79 Å². The zero-order chi connectivity index (χ0) is 16.6. The highest BCUT2D eigenvalue weighted by Crippen LogP contribution is 2.31. The fraction of sp³-hybridized carbons (Fsp3) is 0.125. The third-order valence-corrected chi connectivity index (χ3v) is 4.03. The molecule has 2 aromatic rings. The van der Waals surface area contributed by atoms with E-state index in [9.17, 15) is 18.0 Å². The minimum absolute atomic E-state index is 0.128. The van der Waals surface area contributed by atoms with Crippen LogP contribution < -0.4 is 5.32 Å².